The van der Waals surface area contributed by atoms with Crippen molar-refractivity contribution in [1.82, 2.24) is 9.55 Å². The van der Waals surface area contributed by atoms with Gasteiger partial charge in [-0.3, -0.25) is 0 Å². The van der Waals surface area contributed by atoms with E-state index in [9.17, 15) is 8.42 Å². The summed E-state index contributed by atoms with van der Waals surface area (Å²) in [5.74, 6) is 0.650. The largest absolute Gasteiger partial charge is 0.492 e. The van der Waals surface area contributed by atoms with E-state index in [1.54, 1.807) is 30.6 Å². The molecule has 0 N–H and O–H groups in total. The van der Waals surface area contributed by atoms with Gasteiger partial charge in [-0.05, 0) is 36.4 Å². The number of fused-ring (bicyclic) bond motifs is 1. The Bertz CT molecular complexity index is 883. The Kier molecular flexibility index (Phi) is 3.85. The Morgan fingerprint density at radius 2 is 1.82 bits per heavy atom. The molecular formula is C16H16N2O3S. The van der Waals surface area contributed by atoms with Gasteiger partial charge in [-0.25, -0.2) is 13.4 Å². The normalized spacial score (nSPS) is 11.7. The lowest BCUT2D eigenvalue weighted by atomic mass is 10.3. The molecule has 0 saturated carbocycles. The summed E-state index contributed by atoms with van der Waals surface area (Å²) in [7, 11) is -3.17. The van der Waals surface area contributed by atoms with Gasteiger partial charge >= 0.3 is 0 Å². The summed E-state index contributed by atoms with van der Waals surface area (Å²) < 4.78 is 30.5. The van der Waals surface area contributed by atoms with Gasteiger partial charge in [0.25, 0.3) is 0 Å². The van der Waals surface area contributed by atoms with Gasteiger partial charge in [0.1, 0.15) is 12.4 Å². The van der Waals surface area contributed by atoms with Crippen LogP contribution < -0.4 is 4.74 Å². The minimum absolute atomic E-state index is 0.292. The lowest BCUT2D eigenvalue weighted by molar-refractivity contribution is 0.300. The van der Waals surface area contributed by atoms with Crippen LogP contribution in [-0.4, -0.2) is 30.8 Å². The van der Waals surface area contributed by atoms with E-state index in [0.717, 1.165) is 11.0 Å². The van der Waals surface area contributed by atoms with Crippen molar-refractivity contribution < 1.29 is 13.2 Å². The summed E-state index contributed by atoms with van der Waals surface area (Å²) in [6.45, 7) is 1.16. The van der Waals surface area contributed by atoms with Gasteiger partial charge in [0.15, 0.2) is 9.84 Å². The number of benzene rings is 2. The van der Waals surface area contributed by atoms with E-state index >= 15 is 0 Å². The molecule has 1 heterocycles. The van der Waals surface area contributed by atoms with E-state index < -0.39 is 9.84 Å². The molecule has 0 amide bonds. The topological polar surface area (TPSA) is 61.2 Å². The molecule has 0 aliphatic heterocycles. The summed E-state index contributed by atoms with van der Waals surface area (Å²) in [5.41, 5.74) is 2.03. The smallest absolute Gasteiger partial charge is 0.175 e. The van der Waals surface area contributed by atoms with Crippen molar-refractivity contribution in [3.63, 3.8) is 0 Å². The van der Waals surface area contributed by atoms with Crippen molar-refractivity contribution in [2.24, 2.45) is 0 Å². The van der Waals surface area contributed by atoms with Crippen LogP contribution in [-0.2, 0) is 16.4 Å². The van der Waals surface area contributed by atoms with E-state index in [-0.39, 0.29) is 0 Å². The number of aromatic nitrogens is 2. The lowest BCUT2D eigenvalue weighted by Gasteiger charge is -2.08. The summed E-state index contributed by atoms with van der Waals surface area (Å²) in [6.07, 6.45) is 2.98. The second-order valence-electron chi connectivity index (χ2n) is 5.02. The van der Waals surface area contributed by atoms with E-state index in [4.69, 9.17) is 4.74 Å². The second-order valence-corrected chi connectivity index (χ2v) is 7.03. The molecule has 0 radical (unpaired) electrons. The van der Waals surface area contributed by atoms with Crippen LogP contribution in [0.4, 0.5) is 0 Å². The van der Waals surface area contributed by atoms with Crippen LogP contribution in [0.3, 0.4) is 0 Å². The Balaban J connectivity index is 1.63. The van der Waals surface area contributed by atoms with Gasteiger partial charge in [-0.1, -0.05) is 12.1 Å². The fourth-order valence-electron chi connectivity index (χ4n) is 2.23. The van der Waals surface area contributed by atoms with Crippen LogP contribution in [0.1, 0.15) is 0 Å². The molecule has 0 aliphatic rings. The Hall–Kier alpha value is -2.34. The Morgan fingerprint density at radius 3 is 2.55 bits per heavy atom. The van der Waals surface area contributed by atoms with Crippen molar-refractivity contribution in [3.8, 4) is 5.75 Å². The first-order valence-electron chi connectivity index (χ1n) is 6.87. The number of sulfone groups is 1. The lowest BCUT2D eigenvalue weighted by Crippen LogP contribution is -2.07. The Labute approximate surface area is 129 Å². The van der Waals surface area contributed by atoms with Gasteiger partial charge in [0.05, 0.1) is 28.8 Å². The first kappa shape index (κ1) is 14.6. The molecule has 0 bridgehead atoms. The molecule has 3 aromatic rings. The van der Waals surface area contributed by atoms with E-state index in [1.807, 2.05) is 28.8 Å². The molecule has 0 atom stereocenters. The minimum Gasteiger partial charge on any atom is -0.492 e. The molecule has 22 heavy (non-hydrogen) atoms. The molecule has 0 saturated heterocycles. The number of hydrogen-bond donors (Lipinski definition) is 0. The molecule has 3 rings (SSSR count). The average Bonchev–Trinajstić information content (AvgIpc) is 2.90. The molecular weight excluding hydrogens is 300 g/mol. The van der Waals surface area contributed by atoms with Crippen molar-refractivity contribution in [2.75, 3.05) is 12.9 Å². The first-order valence-corrected chi connectivity index (χ1v) is 8.76. The quantitative estimate of drug-likeness (QED) is 0.725. The third-order valence-electron chi connectivity index (χ3n) is 3.38. The van der Waals surface area contributed by atoms with Gasteiger partial charge in [0.2, 0.25) is 0 Å². The van der Waals surface area contributed by atoms with Crippen LogP contribution in [0.2, 0.25) is 0 Å². The molecule has 1 aromatic heterocycles. The van der Waals surface area contributed by atoms with E-state index in [0.29, 0.717) is 23.8 Å². The standard InChI is InChI=1S/C16H16N2O3S/c1-22(19,20)14-8-6-13(7-9-14)21-11-10-18-12-17-15-4-2-3-5-16(15)18/h2-9,12H,10-11H2,1H3. The minimum atomic E-state index is -3.17. The molecule has 114 valence electrons. The maximum atomic E-state index is 11.4. The fourth-order valence-corrected chi connectivity index (χ4v) is 2.86. The highest BCUT2D eigenvalue weighted by atomic mass is 32.2. The maximum absolute atomic E-state index is 11.4. The van der Waals surface area contributed by atoms with Crippen LogP contribution >= 0.6 is 0 Å². The number of rotatable bonds is 5. The summed E-state index contributed by atoms with van der Waals surface area (Å²) >= 11 is 0. The van der Waals surface area contributed by atoms with Crippen LogP contribution in [0.15, 0.2) is 59.8 Å². The first-order chi connectivity index (χ1) is 10.5. The van der Waals surface area contributed by atoms with Crippen LogP contribution in [0.25, 0.3) is 11.0 Å². The average molecular weight is 316 g/mol. The predicted molar refractivity (Wildman–Crippen MR) is 84.8 cm³/mol. The zero-order valence-electron chi connectivity index (χ0n) is 12.1. The van der Waals surface area contributed by atoms with E-state index in [1.165, 1.54) is 6.26 Å². The molecule has 0 fully saturated rings. The monoisotopic (exact) mass is 316 g/mol. The number of nitrogens with zero attached hydrogens (tertiary/aromatic N) is 2. The number of para-hydroxylation sites is 2. The van der Waals surface area contributed by atoms with E-state index in [2.05, 4.69) is 4.98 Å². The summed E-state index contributed by atoms with van der Waals surface area (Å²) in [6, 6.07) is 14.4. The van der Waals surface area contributed by atoms with Gasteiger partial charge in [0, 0.05) is 6.26 Å². The molecule has 5 nitrogen and oxygen atoms in total. The van der Waals surface area contributed by atoms with Crippen LogP contribution in [0, 0.1) is 0 Å². The molecule has 0 spiro atoms. The highest BCUT2D eigenvalue weighted by Gasteiger charge is 2.06. The van der Waals surface area contributed by atoms with Crippen molar-refractivity contribution in [2.45, 2.75) is 11.4 Å². The maximum Gasteiger partial charge on any atom is 0.175 e. The Morgan fingerprint density at radius 1 is 1.09 bits per heavy atom. The molecule has 0 unspecified atom stereocenters. The van der Waals surface area contributed by atoms with Crippen molar-refractivity contribution in [1.29, 1.82) is 0 Å². The zero-order chi connectivity index (χ0) is 15.6. The van der Waals surface area contributed by atoms with Crippen molar-refractivity contribution in [3.05, 3.63) is 54.9 Å². The third-order valence-corrected chi connectivity index (χ3v) is 4.51. The number of imidazole rings is 1. The highest BCUT2D eigenvalue weighted by molar-refractivity contribution is 7.90. The summed E-state index contributed by atoms with van der Waals surface area (Å²) in [5, 5.41) is 0. The molecule has 0 aliphatic carbocycles. The SMILES string of the molecule is CS(=O)(=O)c1ccc(OCCn2cnc3ccccc32)cc1. The second kappa shape index (κ2) is 5.81. The number of ether oxygens (including phenoxy) is 1. The fraction of sp³-hybridized carbons (Fsp3) is 0.188. The van der Waals surface area contributed by atoms with Gasteiger partial charge < -0.3 is 9.30 Å². The number of hydrogen-bond acceptors (Lipinski definition) is 4. The highest BCUT2D eigenvalue weighted by Crippen LogP contribution is 2.16. The summed E-state index contributed by atoms with van der Waals surface area (Å²) in [4.78, 5) is 4.62. The molecule has 2 aromatic carbocycles. The predicted octanol–water partition coefficient (Wildman–Crippen LogP) is 2.52. The third kappa shape index (κ3) is 3.12. The van der Waals surface area contributed by atoms with Gasteiger partial charge in [-0.15, -0.1) is 0 Å². The zero-order valence-corrected chi connectivity index (χ0v) is 13.0. The van der Waals surface area contributed by atoms with Crippen molar-refractivity contribution >= 4 is 20.9 Å². The molecule has 6 heteroatoms. The van der Waals surface area contributed by atoms with Crippen LogP contribution in [0.5, 0.6) is 5.75 Å². The van der Waals surface area contributed by atoms with Gasteiger partial charge in [-0.2, -0.15) is 0 Å².